The first-order valence-electron chi connectivity index (χ1n) is 4.07. The summed E-state index contributed by atoms with van der Waals surface area (Å²) in [5, 5.41) is 17.7. The SMILES string of the molecule is N#Cc1cc(CC(=O)O)cc(CCl)c1Cl. The normalized spacial score (nSPS) is 9.67. The molecule has 0 aliphatic heterocycles. The van der Waals surface area contributed by atoms with Gasteiger partial charge in [0.25, 0.3) is 0 Å². The van der Waals surface area contributed by atoms with E-state index in [0.29, 0.717) is 16.1 Å². The van der Waals surface area contributed by atoms with E-state index in [1.165, 1.54) is 6.07 Å². The third kappa shape index (κ3) is 2.85. The zero-order chi connectivity index (χ0) is 11.4. The summed E-state index contributed by atoms with van der Waals surface area (Å²) in [6.07, 6.45) is -0.143. The average Bonchev–Trinajstić information content (AvgIpc) is 2.19. The second-order valence-corrected chi connectivity index (χ2v) is 3.58. The number of nitriles is 1. The fourth-order valence-electron chi connectivity index (χ4n) is 1.21. The maximum atomic E-state index is 10.5. The summed E-state index contributed by atoms with van der Waals surface area (Å²) < 4.78 is 0. The summed E-state index contributed by atoms with van der Waals surface area (Å²) in [4.78, 5) is 10.5. The highest BCUT2D eigenvalue weighted by molar-refractivity contribution is 6.33. The summed E-state index contributed by atoms with van der Waals surface area (Å²) in [5.41, 5.74) is 1.36. The predicted octanol–water partition coefficient (Wildman–Crippen LogP) is 2.58. The third-order valence-electron chi connectivity index (χ3n) is 1.83. The molecule has 3 nitrogen and oxygen atoms in total. The monoisotopic (exact) mass is 243 g/mol. The smallest absolute Gasteiger partial charge is 0.307 e. The van der Waals surface area contributed by atoms with Crippen LogP contribution < -0.4 is 0 Å². The van der Waals surface area contributed by atoms with Gasteiger partial charge >= 0.3 is 5.97 Å². The molecule has 0 amide bonds. The molecule has 1 N–H and O–H groups in total. The quantitative estimate of drug-likeness (QED) is 0.831. The molecule has 0 atom stereocenters. The van der Waals surface area contributed by atoms with E-state index in [1.807, 2.05) is 6.07 Å². The highest BCUT2D eigenvalue weighted by Gasteiger charge is 2.10. The topological polar surface area (TPSA) is 61.1 Å². The third-order valence-corrected chi connectivity index (χ3v) is 2.56. The molecule has 15 heavy (non-hydrogen) atoms. The van der Waals surface area contributed by atoms with Crippen molar-refractivity contribution in [2.45, 2.75) is 12.3 Å². The molecule has 0 aliphatic rings. The van der Waals surface area contributed by atoms with Gasteiger partial charge in [-0.3, -0.25) is 4.79 Å². The molecule has 0 aliphatic carbocycles. The molecule has 0 heterocycles. The van der Waals surface area contributed by atoms with Crippen LogP contribution in [-0.4, -0.2) is 11.1 Å². The van der Waals surface area contributed by atoms with Crippen LogP contribution in [0.1, 0.15) is 16.7 Å². The summed E-state index contributed by atoms with van der Waals surface area (Å²) >= 11 is 11.5. The summed E-state index contributed by atoms with van der Waals surface area (Å²) in [6.45, 7) is 0. The fraction of sp³-hybridized carbons (Fsp3) is 0.200. The van der Waals surface area contributed by atoms with Crippen LogP contribution in [0.5, 0.6) is 0 Å². The van der Waals surface area contributed by atoms with Crippen LogP contribution in [-0.2, 0) is 17.1 Å². The largest absolute Gasteiger partial charge is 0.481 e. The van der Waals surface area contributed by atoms with E-state index in [-0.39, 0.29) is 17.9 Å². The van der Waals surface area contributed by atoms with Crippen molar-refractivity contribution in [1.29, 1.82) is 5.26 Å². The Morgan fingerprint density at radius 1 is 1.53 bits per heavy atom. The van der Waals surface area contributed by atoms with Gasteiger partial charge in [0, 0.05) is 5.88 Å². The number of alkyl halides is 1. The molecule has 1 rings (SSSR count). The van der Waals surface area contributed by atoms with Gasteiger partial charge < -0.3 is 5.11 Å². The minimum Gasteiger partial charge on any atom is -0.481 e. The maximum absolute atomic E-state index is 10.5. The maximum Gasteiger partial charge on any atom is 0.307 e. The molecule has 5 heteroatoms. The Bertz CT molecular complexity index is 438. The van der Waals surface area contributed by atoms with Crippen molar-refractivity contribution in [3.63, 3.8) is 0 Å². The van der Waals surface area contributed by atoms with Gasteiger partial charge in [-0.25, -0.2) is 0 Å². The molecule has 78 valence electrons. The van der Waals surface area contributed by atoms with Gasteiger partial charge in [-0.1, -0.05) is 17.7 Å². The molecule has 1 aromatic rings. The molecular weight excluding hydrogens is 237 g/mol. The predicted molar refractivity (Wildman–Crippen MR) is 57.1 cm³/mol. The summed E-state index contributed by atoms with van der Waals surface area (Å²) in [5.74, 6) is -0.803. The molecule has 1 aromatic carbocycles. The van der Waals surface area contributed by atoms with Crippen molar-refractivity contribution < 1.29 is 9.90 Å². The average molecular weight is 244 g/mol. The number of carbonyl (C=O) groups is 1. The molecule has 0 bridgehead atoms. The fourth-order valence-corrected chi connectivity index (χ4v) is 1.70. The van der Waals surface area contributed by atoms with E-state index in [1.54, 1.807) is 6.07 Å². The number of carboxylic acid groups (broad SMARTS) is 1. The first-order chi connectivity index (χ1) is 7.08. The van der Waals surface area contributed by atoms with E-state index in [2.05, 4.69) is 0 Å². The Hall–Kier alpha value is -1.24. The Morgan fingerprint density at radius 3 is 2.67 bits per heavy atom. The molecule has 0 aromatic heterocycles. The number of aliphatic carboxylic acids is 1. The van der Waals surface area contributed by atoms with Gasteiger partial charge in [0.15, 0.2) is 0 Å². The number of nitrogens with zero attached hydrogens (tertiary/aromatic N) is 1. The lowest BCUT2D eigenvalue weighted by molar-refractivity contribution is -0.136. The number of benzene rings is 1. The van der Waals surface area contributed by atoms with Crippen LogP contribution in [0, 0.1) is 11.3 Å². The van der Waals surface area contributed by atoms with Gasteiger partial charge in [-0.2, -0.15) is 5.26 Å². The van der Waals surface area contributed by atoms with Gasteiger partial charge in [0.1, 0.15) is 6.07 Å². The van der Waals surface area contributed by atoms with Crippen LogP contribution in [0.4, 0.5) is 0 Å². The lowest BCUT2D eigenvalue weighted by Gasteiger charge is -2.05. The van der Waals surface area contributed by atoms with E-state index in [9.17, 15) is 4.79 Å². The highest BCUT2D eigenvalue weighted by atomic mass is 35.5. The van der Waals surface area contributed by atoms with Gasteiger partial charge in [0.2, 0.25) is 0 Å². The number of rotatable bonds is 3. The molecule has 0 spiro atoms. The Kier molecular flexibility index (Phi) is 3.96. The number of halogens is 2. The van der Waals surface area contributed by atoms with E-state index < -0.39 is 5.97 Å². The molecular formula is C10H7Cl2NO2. The van der Waals surface area contributed by atoms with Crippen molar-refractivity contribution in [2.75, 3.05) is 0 Å². The first kappa shape index (κ1) is 11.8. The molecule has 0 unspecified atom stereocenters. The summed E-state index contributed by atoms with van der Waals surface area (Å²) in [7, 11) is 0. The minimum atomic E-state index is -0.957. The van der Waals surface area contributed by atoms with Crippen molar-refractivity contribution >= 4 is 29.2 Å². The second-order valence-electron chi connectivity index (χ2n) is 2.93. The Morgan fingerprint density at radius 2 is 2.20 bits per heavy atom. The summed E-state index contributed by atoms with van der Waals surface area (Å²) in [6, 6.07) is 4.97. The number of hydrogen-bond donors (Lipinski definition) is 1. The van der Waals surface area contributed by atoms with Gasteiger partial charge in [0.05, 0.1) is 17.0 Å². The lowest BCUT2D eigenvalue weighted by Crippen LogP contribution is -2.01. The molecule has 0 fully saturated rings. The molecule has 0 radical (unpaired) electrons. The Balaban J connectivity index is 3.22. The van der Waals surface area contributed by atoms with Crippen LogP contribution in [0.15, 0.2) is 12.1 Å². The first-order valence-corrected chi connectivity index (χ1v) is 4.99. The van der Waals surface area contributed by atoms with Crippen molar-refractivity contribution in [1.82, 2.24) is 0 Å². The van der Waals surface area contributed by atoms with Crippen LogP contribution in [0.3, 0.4) is 0 Å². The minimum absolute atomic E-state index is 0.143. The van der Waals surface area contributed by atoms with E-state index in [4.69, 9.17) is 33.6 Å². The van der Waals surface area contributed by atoms with Crippen LogP contribution >= 0.6 is 23.2 Å². The number of carboxylic acids is 1. The molecule has 0 saturated carbocycles. The van der Waals surface area contributed by atoms with Crippen molar-refractivity contribution in [3.05, 3.63) is 33.8 Å². The van der Waals surface area contributed by atoms with Gasteiger partial charge in [-0.15, -0.1) is 11.6 Å². The highest BCUT2D eigenvalue weighted by Crippen LogP contribution is 2.24. The zero-order valence-electron chi connectivity index (χ0n) is 7.63. The van der Waals surface area contributed by atoms with Crippen LogP contribution in [0.2, 0.25) is 5.02 Å². The van der Waals surface area contributed by atoms with Crippen molar-refractivity contribution in [2.24, 2.45) is 0 Å². The lowest BCUT2D eigenvalue weighted by atomic mass is 10.0. The second kappa shape index (κ2) is 5.01. The van der Waals surface area contributed by atoms with Crippen LogP contribution in [0.25, 0.3) is 0 Å². The number of hydrogen-bond acceptors (Lipinski definition) is 2. The van der Waals surface area contributed by atoms with E-state index in [0.717, 1.165) is 0 Å². The standard InChI is InChI=1S/C10H7Cl2NO2/c11-4-7-1-6(3-9(14)15)2-8(5-13)10(7)12/h1-2H,3-4H2,(H,14,15). The Labute approximate surface area is 96.8 Å². The molecule has 0 saturated heterocycles. The zero-order valence-corrected chi connectivity index (χ0v) is 9.14. The van der Waals surface area contributed by atoms with Gasteiger partial charge in [-0.05, 0) is 17.2 Å². The van der Waals surface area contributed by atoms with E-state index >= 15 is 0 Å². The van der Waals surface area contributed by atoms with Crippen molar-refractivity contribution in [3.8, 4) is 6.07 Å².